The van der Waals surface area contributed by atoms with E-state index in [1.165, 1.54) is 23.3 Å². The number of halogens is 1. The van der Waals surface area contributed by atoms with Crippen LogP contribution in [0.1, 0.15) is 29.3 Å². The number of benzene rings is 3. The smallest absolute Gasteiger partial charge is 0.321 e. The second-order valence-corrected chi connectivity index (χ2v) is 9.57. The summed E-state index contributed by atoms with van der Waals surface area (Å²) < 4.78 is 14.0. The van der Waals surface area contributed by atoms with Crippen LogP contribution in [0.15, 0.2) is 78.9 Å². The van der Waals surface area contributed by atoms with Gasteiger partial charge >= 0.3 is 6.03 Å². The van der Waals surface area contributed by atoms with E-state index >= 15 is 0 Å². The number of amides is 2. The van der Waals surface area contributed by atoms with Gasteiger partial charge in [0.15, 0.2) is 5.82 Å². The van der Waals surface area contributed by atoms with Gasteiger partial charge in [-0.25, -0.2) is 19.2 Å². The number of nitrogens with one attached hydrogen (secondary N) is 1. The summed E-state index contributed by atoms with van der Waals surface area (Å²) in [6.45, 7) is 6.51. The van der Waals surface area contributed by atoms with Crippen LogP contribution in [0.4, 0.5) is 20.7 Å². The summed E-state index contributed by atoms with van der Waals surface area (Å²) in [5, 5.41) is 3.04. The Morgan fingerprint density at radius 2 is 1.63 bits per heavy atom. The van der Waals surface area contributed by atoms with Gasteiger partial charge in [0, 0.05) is 55.1 Å². The molecule has 0 radical (unpaired) electrons. The molecule has 0 atom stereocenters. The summed E-state index contributed by atoms with van der Waals surface area (Å²) in [5.74, 6) is 1.03. The Morgan fingerprint density at radius 3 is 2.37 bits per heavy atom. The fraction of sp³-hybridized carbons (Fsp3) is 0.258. The molecule has 3 aromatic carbocycles. The van der Waals surface area contributed by atoms with Crippen molar-refractivity contribution in [2.75, 3.05) is 36.4 Å². The molecule has 38 heavy (non-hydrogen) atoms. The Balaban J connectivity index is 1.38. The van der Waals surface area contributed by atoms with Crippen molar-refractivity contribution in [2.24, 2.45) is 0 Å². The first-order valence-corrected chi connectivity index (χ1v) is 13.1. The molecule has 0 saturated carbocycles. The van der Waals surface area contributed by atoms with Gasteiger partial charge < -0.3 is 15.1 Å². The quantitative estimate of drug-likeness (QED) is 0.341. The van der Waals surface area contributed by atoms with Crippen LogP contribution >= 0.6 is 0 Å². The molecule has 7 heteroatoms. The van der Waals surface area contributed by atoms with Crippen molar-refractivity contribution in [1.82, 2.24) is 14.9 Å². The first kappa shape index (κ1) is 25.4. The third kappa shape index (κ3) is 5.83. The molecule has 1 aliphatic rings. The fourth-order valence-corrected chi connectivity index (χ4v) is 4.80. The van der Waals surface area contributed by atoms with Crippen molar-refractivity contribution in [1.29, 1.82) is 0 Å². The van der Waals surface area contributed by atoms with Crippen molar-refractivity contribution >= 4 is 17.5 Å². The van der Waals surface area contributed by atoms with Gasteiger partial charge in [0.2, 0.25) is 0 Å². The van der Waals surface area contributed by atoms with Crippen LogP contribution in [0.5, 0.6) is 0 Å². The van der Waals surface area contributed by atoms with Gasteiger partial charge in [0.05, 0.1) is 0 Å². The molecule has 194 valence electrons. The van der Waals surface area contributed by atoms with Gasteiger partial charge in [-0.05, 0) is 48.7 Å². The van der Waals surface area contributed by atoms with E-state index in [1.807, 2.05) is 54.3 Å². The number of rotatable bonds is 6. The lowest BCUT2D eigenvalue weighted by Crippen LogP contribution is -2.50. The SMILES string of the molecule is CCc1cccc(NC(=O)N2CCN(c3nc(-c4cccc(F)c4)nc(C)c3Cc3ccccc3)CC2)c1. The van der Waals surface area contributed by atoms with Crippen LogP contribution in [-0.2, 0) is 12.8 Å². The molecule has 1 N–H and O–H groups in total. The van der Waals surface area contributed by atoms with Crippen molar-refractivity contribution < 1.29 is 9.18 Å². The maximum atomic E-state index is 14.0. The standard InChI is InChI=1S/C31H32FN5O/c1-3-23-11-7-14-27(19-23)34-31(38)37-17-15-36(16-18-37)30-28(20-24-9-5-4-6-10-24)22(2)33-29(35-30)25-12-8-13-26(32)21-25/h4-14,19,21H,3,15-18,20H2,1-2H3,(H,34,38). The Bertz CT molecular complexity index is 1420. The summed E-state index contributed by atoms with van der Waals surface area (Å²) in [4.78, 5) is 26.8. The average molecular weight is 510 g/mol. The zero-order valence-corrected chi connectivity index (χ0v) is 21.8. The van der Waals surface area contributed by atoms with E-state index in [0.29, 0.717) is 44.0 Å². The molecular weight excluding hydrogens is 477 g/mol. The molecule has 2 heterocycles. The van der Waals surface area contributed by atoms with Crippen LogP contribution in [0.2, 0.25) is 0 Å². The lowest BCUT2D eigenvalue weighted by atomic mass is 10.0. The van der Waals surface area contributed by atoms with Crippen LogP contribution in [0.3, 0.4) is 0 Å². The molecule has 6 nitrogen and oxygen atoms in total. The number of aromatic nitrogens is 2. The molecule has 4 aromatic rings. The topological polar surface area (TPSA) is 61.4 Å². The second-order valence-electron chi connectivity index (χ2n) is 9.57. The Morgan fingerprint density at radius 1 is 0.895 bits per heavy atom. The normalized spacial score (nSPS) is 13.4. The molecule has 0 bridgehead atoms. The van der Waals surface area contributed by atoms with Crippen molar-refractivity contribution in [2.45, 2.75) is 26.7 Å². The van der Waals surface area contributed by atoms with Gasteiger partial charge in [-0.2, -0.15) is 0 Å². The summed E-state index contributed by atoms with van der Waals surface area (Å²) in [6, 6.07) is 24.5. The van der Waals surface area contributed by atoms with Gasteiger partial charge in [-0.15, -0.1) is 0 Å². The molecular formula is C31H32FN5O. The monoisotopic (exact) mass is 509 g/mol. The van der Waals surface area contributed by atoms with E-state index < -0.39 is 0 Å². The van der Waals surface area contributed by atoms with Crippen LogP contribution < -0.4 is 10.2 Å². The largest absolute Gasteiger partial charge is 0.353 e. The second kappa shape index (κ2) is 11.4. The first-order chi connectivity index (χ1) is 18.5. The third-order valence-electron chi connectivity index (χ3n) is 6.95. The van der Waals surface area contributed by atoms with Gasteiger partial charge in [0.1, 0.15) is 11.6 Å². The number of carbonyl (C=O) groups excluding carboxylic acids is 1. The van der Waals surface area contributed by atoms with Gasteiger partial charge in [-0.1, -0.05) is 61.5 Å². The summed E-state index contributed by atoms with van der Waals surface area (Å²) in [7, 11) is 0. The third-order valence-corrected chi connectivity index (χ3v) is 6.95. The molecule has 1 aliphatic heterocycles. The minimum atomic E-state index is -0.317. The highest BCUT2D eigenvalue weighted by molar-refractivity contribution is 5.89. The van der Waals surface area contributed by atoms with Crippen molar-refractivity contribution in [3.8, 4) is 11.4 Å². The molecule has 0 spiro atoms. The number of anilines is 2. The maximum Gasteiger partial charge on any atom is 0.321 e. The van der Waals surface area contributed by atoms with Crippen LogP contribution in [0.25, 0.3) is 11.4 Å². The lowest BCUT2D eigenvalue weighted by molar-refractivity contribution is 0.208. The number of carbonyl (C=O) groups is 1. The molecule has 1 aromatic heterocycles. The van der Waals surface area contributed by atoms with E-state index in [4.69, 9.17) is 9.97 Å². The molecule has 1 saturated heterocycles. The summed E-state index contributed by atoms with van der Waals surface area (Å²) >= 11 is 0. The highest BCUT2D eigenvalue weighted by atomic mass is 19.1. The number of hydrogen-bond donors (Lipinski definition) is 1. The molecule has 0 aliphatic carbocycles. The molecule has 2 amide bonds. The van der Waals surface area contributed by atoms with E-state index in [1.54, 1.807) is 6.07 Å². The van der Waals surface area contributed by atoms with E-state index in [2.05, 4.69) is 35.3 Å². The number of aryl methyl sites for hydroxylation is 2. The van der Waals surface area contributed by atoms with Gasteiger partial charge in [0.25, 0.3) is 0 Å². The van der Waals surface area contributed by atoms with E-state index in [-0.39, 0.29) is 11.8 Å². The van der Waals surface area contributed by atoms with Gasteiger partial charge in [-0.3, -0.25) is 0 Å². The fourth-order valence-electron chi connectivity index (χ4n) is 4.80. The van der Waals surface area contributed by atoms with Crippen molar-refractivity contribution in [3.63, 3.8) is 0 Å². The predicted molar refractivity (Wildman–Crippen MR) is 150 cm³/mol. The maximum absolute atomic E-state index is 14.0. The van der Waals surface area contributed by atoms with E-state index in [0.717, 1.165) is 29.2 Å². The first-order valence-electron chi connectivity index (χ1n) is 13.1. The van der Waals surface area contributed by atoms with Crippen LogP contribution in [0, 0.1) is 12.7 Å². The summed E-state index contributed by atoms with van der Waals surface area (Å²) in [6.07, 6.45) is 1.61. The minimum absolute atomic E-state index is 0.0956. The molecule has 5 rings (SSSR count). The number of hydrogen-bond acceptors (Lipinski definition) is 4. The minimum Gasteiger partial charge on any atom is -0.353 e. The lowest BCUT2D eigenvalue weighted by Gasteiger charge is -2.36. The zero-order valence-electron chi connectivity index (χ0n) is 21.8. The molecule has 1 fully saturated rings. The van der Waals surface area contributed by atoms with Crippen LogP contribution in [-0.4, -0.2) is 47.1 Å². The van der Waals surface area contributed by atoms with Crippen molar-refractivity contribution in [3.05, 3.63) is 107 Å². The molecule has 0 unspecified atom stereocenters. The highest BCUT2D eigenvalue weighted by Crippen LogP contribution is 2.28. The highest BCUT2D eigenvalue weighted by Gasteiger charge is 2.25. The average Bonchev–Trinajstić information content (AvgIpc) is 2.95. The summed E-state index contributed by atoms with van der Waals surface area (Å²) in [5.41, 5.74) is 5.74. The Labute approximate surface area is 223 Å². The zero-order chi connectivity index (χ0) is 26.5. The number of urea groups is 1. The van der Waals surface area contributed by atoms with E-state index in [9.17, 15) is 9.18 Å². The number of piperazine rings is 1. The Kier molecular flexibility index (Phi) is 7.63. The predicted octanol–water partition coefficient (Wildman–Crippen LogP) is 6.10. The number of nitrogens with zero attached hydrogens (tertiary/aromatic N) is 4. The Hall–Kier alpha value is -4.26.